The standard InChI is InChI=1S/2CH5O3P/c2*1-5(2,3)4/h2*1H3,(H2,2,3,4). The summed E-state index contributed by atoms with van der Waals surface area (Å²) in [6.07, 6.45) is 0. The second-order valence-corrected chi connectivity index (χ2v) is 5.01. The van der Waals surface area contributed by atoms with E-state index in [0.29, 0.717) is 0 Å². The zero-order valence-electron chi connectivity index (χ0n) is 5.50. The van der Waals surface area contributed by atoms with E-state index in [2.05, 4.69) is 0 Å². The van der Waals surface area contributed by atoms with Gasteiger partial charge >= 0.3 is 15.2 Å². The highest BCUT2D eigenvalue weighted by atomic mass is 31.2. The molecule has 8 heteroatoms. The molecule has 0 spiro atoms. The highest BCUT2D eigenvalue weighted by Gasteiger charge is 1.96. The van der Waals surface area contributed by atoms with Gasteiger partial charge in [0, 0.05) is 13.3 Å². The second-order valence-electron chi connectivity index (χ2n) is 1.67. The molecule has 0 heterocycles. The average Bonchev–Trinajstić information content (AvgIpc) is 1.12. The van der Waals surface area contributed by atoms with E-state index in [9.17, 15) is 9.13 Å². The van der Waals surface area contributed by atoms with Crippen LogP contribution >= 0.6 is 15.2 Å². The fourth-order valence-corrected chi connectivity index (χ4v) is 0. The van der Waals surface area contributed by atoms with Crippen LogP contribution in [0.15, 0.2) is 0 Å². The summed E-state index contributed by atoms with van der Waals surface area (Å²) in [4.78, 5) is 30.5. The number of rotatable bonds is 0. The molecule has 10 heavy (non-hydrogen) atoms. The molecule has 0 aliphatic rings. The molecule has 0 aromatic heterocycles. The van der Waals surface area contributed by atoms with Crippen LogP contribution in [0.5, 0.6) is 0 Å². The van der Waals surface area contributed by atoms with Crippen molar-refractivity contribution in [3.63, 3.8) is 0 Å². The van der Waals surface area contributed by atoms with E-state index in [1.54, 1.807) is 0 Å². The van der Waals surface area contributed by atoms with Gasteiger partial charge in [-0.1, -0.05) is 0 Å². The summed E-state index contributed by atoms with van der Waals surface area (Å²) in [5.74, 6) is 0. The number of hydrogen-bond donors (Lipinski definition) is 4. The molecule has 0 aromatic rings. The van der Waals surface area contributed by atoms with E-state index in [4.69, 9.17) is 19.6 Å². The molecular weight excluding hydrogens is 182 g/mol. The van der Waals surface area contributed by atoms with Gasteiger partial charge in [-0.3, -0.25) is 9.13 Å². The van der Waals surface area contributed by atoms with Crippen molar-refractivity contribution in [3.05, 3.63) is 0 Å². The van der Waals surface area contributed by atoms with Crippen LogP contribution in [0.1, 0.15) is 0 Å². The van der Waals surface area contributed by atoms with Crippen molar-refractivity contribution < 1.29 is 28.7 Å². The molecule has 0 saturated heterocycles. The Morgan fingerprint density at radius 1 is 0.800 bits per heavy atom. The van der Waals surface area contributed by atoms with Crippen molar-refractivity contribution in [2.45, 2.75) is 0 Å². The summed E-state index contributed by atoms with van der Waals surface area (Å²) in [6, 6.07) is 0. The average molecular weight is 192 g/mol. The Labute approximate surface area is 58.2 Å². The summed E-state index contributed by atoms with van der Waals surface area (Å²) in [5, 5.41) is 0. The fourth-order valence-electron chi connectivity index (χ4n) is 0. The minimum atomic E-state index is -3.64. The molecule has 6 nitrogen and oxygen atoms in total. The van der Waals surface area contributed by atoms with E-state index in [1.807, 2.05) is 0 Å². The summed E-state index contributed by atoms with van der Waals surface area (Å²) < 4.78 is 18.7. The summed E-state index contributed by atoms with van der Waals surface area (Å²) in [6.45, 7) is 1.71. The van der Waals surface area contributed by atoms with Gasteiger partial charge in [0.2, 0.25) is 0 Å². The molecule has 64 valence electrons. The van der Waals surface area contributed by atoms with Crippen LogP contribution in [0.3, 0.4) is 0 Å². The van der Waals surface area contributed by atoms with E-state index in [0.717, 1.165) is 13.3 Å². The smallest absolute Gasteiger partial charge is 0.322 e. The minimum absolute atomic E-state index is 0.854. The summed E-state index contributed by atoms with van der Waals surface area (Å²) in [5.41, 5.74) is 0. The molecule has 4 N–H and O–H groups in total. The topological polar surface area (TPSA) is 115 Å². The Balaban J connectivity index is 0. The molecular formula is C2H10O6P2. The van der Waals surface area contributed by atoms with Crippen molar-refractivity contribution in [2.24, 2.45) is 0 Å². The maximum Gasteiger partial charge on any atom is 0.322 e. The van der Waals surface area contributed by atoms with Crippen molar-refractivity contribution in [2.75, 3.05) is 13.3 Å². The van der Waals surface area contributed by atoms with Crippen LogP contribution in [0.25, 0.3) is 0 Å². The van der Waals surface area contributed by atoms with Gasteiger partial charge in [0.1, 0.15) is 0 Å². The van der Waals surface area contributed by atoms with Crippen LogP contribution in [-0.2, 0) is 9.13 Å². The van der Waals surface area contributed by atoms with Gasteiger partial charge in [0.15, 0.2) is 0 Å². The highest BCUT2D eigenvalue weighted by Crippen LogP contribution is 2.27. The Kier molecular flexibility index (Phi) is 5.48. The van der Waals surface area contributed by atoms with Crippen LogP contribution in [0.2, 0.25) is 0 Å². The molecule has 0 aromatic carbocycles. The molecule has 0 aliphatic heterocycles. The monoisotopic (exact) mass is 192 g/mol. The van der Waals surface area contributed by atoms with E-state index >= 15 is 0 Å². The van der Waals surface area contributed by atoms with Crippen molar-refractivity contribution in [1.82, 2.24) is 0 Å². The van der Waals surface area contributed by atoms with Gasteiger partial charge < -0.3 is 19.6 Å². The van der Waals surface area contributed by atoms with Crippen LogP contribution in [0, 0.1) is 0 Å². The van der Waals surface area contributed by atoms with Gasteiger partial charge in [-0.25, -0.2) is 0 Å². The van der Waals surface area contributed by atoms with Gasteiger partial charge in [-0.15, -0.1) is 0 Å². The summed E-state index contributed by atoms with van der Waals surface area (Å²) in [7, 11) is -7.28. The van der Waals surface area contributed by atoms with Crippen molar-refractivity contribution in [3.8, 4) is 0 Å². The normalized spacial score (nSPS) is 11.8. The molecule has 0 radical (unpaired) electrons. The SMILES string of the molecule is CP(=O)(O)O.CP(=O)(O)O. The van der Waals surface area contributed by atoms with Gasteiger partial charge in [0.25, 0.3) is 0 Å². The minimum Gasteiger partial charge on any atom is -0.325 e. The lowest BCUT2D eigenvalue weighted by atomic mass is 12.0. The predicted octanol–water partition coefficient (Wildman–Crippen LogP) is -0.412. The predicted molar refractivity (Wildman–Crippen MR) is 35.9 cm³/mol. The Morgan fingerprint density at radius 2 is 0.800 bits per heavy atom. The van der Waals surface area contributed by atoms with Gasteiger partial charge in [-0.05, 0) is 0 Å². The third-order valence-corrected chi connectivity index (χ3v) is 0. The number of hydrogen-bond acceptors (Lipinski definition) is 2. The van der Waals surface area contributed by atoms with Crippen LogP contribution in [-0.4, -0.2) is 32.9 Å². The van der Waals surface area contributed by atoms with E-state index < -0.39 is 15.2 Å². The molecule has 0 atom stereocenters. The lowest BCUT2D eigenvalue weighted by Crippen LogP contribution is -1.64. The van der Waals surface area contributed by atoms with Crippen LogP contribution < -0.4 is 0 Å². The Hall–Kier alpha value is 0.300. The molecule has 0 amide bonds. The second kappa shape index (κ2) is 4.23. The van der Waals surface area contributed by atoms with Gasteiger partial charge in [0.05, 0.1) is 0 Å². The Bertz CT molecular complexity index is 126. The first kappa shape index (κ1) is 12.9. The van der Waals surface area contributed by atoms with Crippen molar-refractivity contribution in [1.29, 1.82) is 0 Å². The fraction of sp³-hybridized carbons (Fsp3) is 1.00. The maximum absolute atomic E-state index is 9.33. The first-order chi connectivity index (χ1) is 4.00. The molecule has 0 aliphatic carbocycles. The third kappa shape index (κ3) is 4910. The first-order valence-electron chi connectivity index (χ1n) is 2.06. The highest BCUT2D eigenvalue weighted by molar-refractivity contribution is 7.51. The maximum atomic E-state index is 9.33. The lowest BCUT2D eigenvalue weighted by Gasteiger charge is -1.84. The molecule has 0 saturated carbocycles. The molecule has 0 unspecified atom stereocenters. The summed E-state index contributed by atoms with van der Waals surface area (Å²) >= 11 is 0. The van der Waals surface area contributed by atoms with Crippen molar-refractivity contribution >= 4 is 15.2 Å². The van der Waals surface area contributed by atoms with E-state index in [1.165, 1.54) is 0 Å². The quantitative estimate of drug-likeness (QED) is 0.387. The molecule has 0 fully saturated rings. The third-order valence-electron chi connectivity index (χ3n) is 0. The molecule has 0 bridgehead atoms. The van der Waals surface area contributed by atoms with Gasteiger partial charge in [-0.2, -0.15) is 0 Å². The molecule has 0 rings (SSSR count). The lowest BCUT2D eigenvalue weighted by molar-refractivity contribution is 0.379. The zero-order chi connectivity index (χ0) is 9.00. The first-order valence-corrected chi connectivity index (χ1v) is 6.18. The largest absolute Gasteiger partial charge is 0.325 e. The van der Waals surface area contributed by atoms with E-state index in [-0.39, 0.29) is 0 Å². The zero-order valence-corrected chi connectivity index (χ0v) is 7.29. The Morgan fingerprint density at radius 3 is 0.800 bits per heavy atom. The van der Waals surface area contributed by atoms with Crippen LogP contribution in [0.4, 0.5) is 0 Å².